The van der Waals surface area contributed by atoms with Gasteiger partial charge in [-0.15, -0.1) is 0 Å². The molecule has 0 saturated heterocycles. The maximum atomic E-state index is 5.72. The van der Waals surface area contributed by atoms with Crippen LogP contribution in [0, 0.1) is 5.41 Å². The van der Waals surface area contributed by atoms with Crippen LogP contribution in [0.25, 0.3) is 0 Å². The minimum Gasteiger partial charge on any atom is -0.330 e. The zero-order valence-electron chi connectivity index (χ0n) is 9.77. The lowest BCUT2D eigenvalue weighted by Gasteiger charge is -2.31. The first kappa shape index (κ1) is 12.9. The number of hydrogen-bond acceptors (Lipinski definition) is 2. The predicted molar refractivity (Wildman–Crippen MR) is 59.9 cm³/mol. The summed E-state index contributed by atoms with van der Waals surface area (Å²) in [6.07, 6.45) is 2.47. The molecule has 0 aliphatic heterocycles. The minimum absolute atomic E-state index is 0.268. The molecule has 0 aromatic rings. The molecule has 13 heavy (non-hydrogen) atoms. The fraction of sp³-hybridized carbons (Fsp3) is 1.00. The molecule has 0 heterocycles. The molecule has 0 rings (SSSR count). The summed E-state index contributed by atoms with van der Waals surface area (Å²) in [4.78, 5) is 2.52. The van der Waals surface area contributed by atoms with Crippen molar-refractivity contribution in [2.24, 2.45) is 11.1 Å². The molecule has 0 spiro atoms. The second-order valence-electron chi connectivity index (χ2n) is 4.64. The second kappa shape index (κ2) is 6.39. The van der Waals surface area contributed by atoms with Gasteiger partial charge in [0.2, 0.25) is 0 Å². The van der Waals surface area contributed by atoms with Gasteiger partial charge in [0.05, 0.1) is 0 Å². The molecule has 2 N–H and O–H groups in total. The molecular formula is C11H26N2. The van der Waals surface area contributed by atoms with Crippen LogP contribution in [0.5, 0.6) is 0 Å². The van der Waals surface area contributed by atoms with E-state index in [1.165, 1.54) is 25.9 Å². The first-order valence-electron chi connectivity index (χ1n) is 5.48. The van der Waals surface area contributed by atoms with Crippen LogP contribution in [0.4, 0.5) is 0 Å². The summed E-state index contributed by atoms with van der Waals surface area (Å²) in [6, 6.07) is 0. The van der Waals surface area contributed by atoms with Gasteiger partial charge in [-0.25, -0.2) is 0 Å². The highest BCUT2D eigenvalue weighted by molar-refractivity contribution is 4.74. The predicted octanol–water partition coefficient (Wildman–Crippen LogP) is 2.09. The van der Waals surface area contributed by atoms with Crippen molar-refractivity contribution in [3.8, 4) is 0 Å². The number of nitrogens with zero attached hydrogens (tertiary/aromatic N) is 1. The van der Waals surface area contributed by atoms with Crippen LogP contribution in [0.2, 0.25) is 0 Å². The Labute approximate surface area is 83.5 Å². The third-order valence-corrected chi connectivity index (χ3v) is 2.28. The van der Waals surface area contributed by atoms with Gasteiger partial charge in [-0.3, -0.25) is 0 Å². The molecule has 0 fully saturated rings. The van der Waals surface area contributed by atoms with E-state index in [0.717, 1.165) is 13.1 Å². The smallest absolute Gasteiger partial charge is 0.00447 e. The lowest BCUT2D eigenvalue weighted by molar-refractivity contribution is 0.183. The van der Waals surface area contributed by atoms with Gasteiger partial charge in [0.25, 0.3) is 0 Å². The third-order valence-electron chi connectivity index (χ3n) is 2.28. The summed E-state index contributed by atoms with van der Waals surface area (Å²) in [5.74, 6) is 0. The highest BCUT2D eigenvalue weighted by Crippen LogP contribution is 2.15. The van der Waals surface area contributed by atoms with E-state index in [1.807, 2.05) is 0 Å². The van der Waals surface area contributed by atoms with Gasteiger partial charge in [-0.05, 0) is 37.9 Å². The quantitative estimate of drug-likeness (QED) is 0.659. The molecule has 0 atom stereocenters. The Morgan fingerprint density at radius 2 is 1.54 bits per heavy atom. The van der Waals surface area contributed by atoms with Crippen LogP contribution < -0.4 is 5.73 Å². The average Bonchev–Trinajstić information content (AvgIpc) is 2.05. The van der Waals surface area contributed by atoms with Crippen molar-refractivity contribution in [1.82, 2.24) is 4.90 Å². The number of nitrogens with two attached hydrogens (primary N) is 1. The molecule has 0 aromatic heterocycles. The molecule has 0 amide bonds. The Morgan fingerprint density at radius 1 is 1.08 bits per heavy atom. The Hall–Kier alpha value is -0.0800. The highest BCUT2D eigenvalue weighted by Gasteiger charge is 2.18. The molecule has 2 heteroatoms. The Morgan fingerprint density at radius 3 is 1.85 bits per heavy atom. The van der Waals surface area contributed by atoms with Crippen molar-refractivity contribution in [2.75, 3.05) is 26.2 Å². The van der Waals surface area contributed by atoms with Gasteiger partial charge in [0, 0.05) is 6.54 Å². The van der Waals surface area contributed by atoms with Gasteiger partial charge in [-0.2, -0.15) is 0 Å². The summed E-state index contributed by atoms with van der Waals surface area (Å²) in [5, 5.41) is 0. The lowest BCUT2D eigenvalue weighted by Crippen LogP contribution is -2.39. The monoisotopic (exact) mass is 186 g/mol. The number of rotatable bonds is 7. The third kappa shape index (κ3) is 6.05. The van der Waals surface area contributed by atoms with Gasteiger partial charge in [0.1, 0.15) is 0 Å². The minimum atomic E-state index is 0.268. The lowest BCUT2D eigenvalue weighted by atomic mass is 9.93. The van der Waals surface area contributed by atoms with E-state index < -0.39 is 0 Å². The van der Waals surface area contributed by atoms with E-state index in [-0.39, 0.29) is 5.41 Å². The molecule has 80 valence electrons. The summed E-state index contributed by atoms with van der Waals surface area (Å²) in [6.45, 7) is 13.3. The summed E-state index contributed by atoms with van der Waals surface area (Å²) >= 11 is 0. The SMILES string of the molecule is CCCN(CCC)CC(C)(C)CN. The Bertz CT molecular complexity index is 115. The first-order valence-corrected chi connectivity index (χ1v) is 5.48. The van der Waals surface area contributed by atoms with Crippen LogP contribution >= 0.6 is 0 Å². The normalized spacial score (nSPS) is 12.5. The molecule has 0 aliphatic rings. The van der Waals surface area contributed by atoms with Crippen molar-refractivity contribution in [1.29, 1.82) is 0 Å². The van der Waals surface area contributed by atoms with E-state index in [4.69, 9.17) is 5.73 Å². The largest absolute Gasteiger partial charge is 0.330 e. The van der Waals surface area contributed by atoms with Gasteiger partial charge in [-0.1, -0.05) is 27.7 Å². The van der Waals surface area contributed by atoms with Crippen molar-refractivity contribution < 1.29 is 0 Å². The maximum Gasteiger partial charge on any atom is 0.00447 e. The molecule has 0 aromatic carbocycles. The van der Waals surface area contributed by atoms with Crippen molar-refractivity contribution in [3.05, 3.63) is 0 Å². The Balaban J connectivity index is 3.92. The first-order chi connectivity index (χ1) is 6.05. The molecule has 0 bridgehead atoms. The fourth-order valence-electron chi connectivity index (χ4n) is 1.57. The topological polar surface area (TPSA) is 29.3 Å². The molecular weight excluding hydrogens is 160 g/mol. The standard InChI is InChI=1S/C11H26N2/c1-5-7-13(8-6-2)10-11(3,4)9-12/h5-10,12H2,1-4H3. The van der Waals surface area contributed by atoms with Crippen LogP contribution in [-0.2, 0) is 0 Å². The van der Waals surface area contributed by atoms with E-state index in [9.17, 15) is 0 Å². The second-order valence-corrected chi connectivity index (χ2v) is 4.64. The zero-order chi connectivity index (χ0) is 10.3. The maximum absolute atomic E-state index is 5.72. The molecule has 0 radical (unpaired) electrons. The van der Waals surface area contributed by atoms with Crippen LogP contribution in [-0.4, -0.2) is 31.1 Å². The van der Waals surface area contributed by atoms with Crippen LogP contribution in [0.3, 0.4) is 0 Å². The van der Waals surface area contributed by atoms with Crippen molar-refractivity contribution in [2.45, 2.75) is 40.5 Å². The molecule has 2 nitrogen and oxygen atoms in total. The summed E-state index contributed by atoms with van der Waals surface area (Å²) in [5.41, 5.74) is 5.99. The van der Waals surface area contributed by atoms with E-state index in [1.54, 1.807) is 0 Å². The van der Waals surface area contributed by atoms with Gasteiger partial charge in [0.15, 0.2) is 0 Å². The molecule has 0 aliphatic carbocycles. The molecule has 0 saturated carbocycles. The van der Waals surface area contributed by atoms with Crippen molar-refractivity contribution >= 4 is 0 Å². The zero-order valence-corrected chi connectivity index (χ0v) is 9.77. The summed E-state index contributed by atoms with van der Waals surface area (Å²) in [7, 11) is 0. The van der Waals surface area contributed by atoms with Crippen molar-refractivity contribution in [3.63, 3.8) is 0 Å². The van der Waals surface area contributed by atoms with Crippen LogP contribution in [0.1, 0.15) is 40.5 Å². The van der Waals surface area contributed by atoms with Crippen LogP contribution in [0.15, 0.2) is 0 Å². The summed E-state index contributed by atoms with van der Waals surface area (Å²) < 4.78 is 0. The van der Waals surface area contributed by atoms with E-state index >= 15 is 0 Å². The van der Waals surface area contributed by atoms with Gasteiger partial charge < -0.3 is 10.6 Å². The fourth-order valence-corrected chi connectivity index (χ4v) is 1.57. The highest BCUT2D eigenvalue weighted by atomic mass is 15.1. The van der Waals surface area contributed by atoms with E-state index in [0.29, 0.717) is 0 Å². The van der Waals surface area contributed by atoms with E-state index in [2.05, 4.69) is 32.6 Å². The molecule has 0 unspecified atom stereocenters. The average molecular weight is 186 g/mol. The number of hydrogen-bond donors (Lipinski definition) is 1. The van der Waals surface area contributed by atoms with Gasteiger partial charge >= 0.3 is 0 Å². The Kier molecular flexibility index (Phi) is 6.35.